The third kappa shape index (κ3) is 5.30. The molecule has 2 heteroatoms. The summed E-state index contributed by atoms with van der Waals surface area (Å²) >= 11 is 0. The van der Waals surface area contributed by atoms with Crippen molar-refractivity contribution in [2.24, 2.45) is 4.99 Å². The minimum absolute atomic E-state index is 0.314. The molecule has 2 nitrogen and oxygen atoms in total. The van der Waals surface area contributed by atoms with E-state index in [9.17, 15) is 0 Å². The van der Waals surface area contributed by atoms with E-state index in [0.29, 0.717) is 0 Å². The van der Waals surface area contributed by atoms with Gasteiger partial charge in [-0.15, -0.1) is 0 Å². The Morgan fingerprint density at radius 1 is 0.646 bits per heavy atom. The molecule has 6 aromatic carbocycles. The SMILES string of the molecule is C=Cc1ccccc1C1(c2ccccc2C)c2ccccc2-c2ccc(/C(C)=N/C(NC(=C)c3ccccc3)c3cccc(C)c3)cc21. The van der Waals surface area contributed by atoms with Crippen LogP contribution in [0.2, 0.25) is 0 Å². The van der Waals surface area contributed by atoms with Crippen LogP contribution in [0, 0.1) is 13.8 Å². The molecule has 1 aliphatic rings. The van der Waals surface area contributed by atoms with Crippen molar-refractivity contribution in [1.82, 2.24) is 5.32 Å². The highest BCUT2D eigenvalue weighted by atomic mass is 15.1. The number of nitrogens with zero attached hydrogens (tertiary/aromatic N) is 1. The van der Waals surface area contributed by atoms with E-state index in [1.54, 1.807) is 0 Å². The summed E-state index contributed by atoms with van der Waals surface area (Å²) in [5.41, 5.74) is 15.6. The van der Waals surface area contributed by atoms with Gasteiger partial charge in [-0.1, -0.05) is 164 Å². The molecule has 0 saturated heterocycles. The van der Waals surface area contributed by atoms with Crippen molar-refractivity contribution in [2.75, 3.05) is 0 Å². The van der Waals surface area contributed by atoms with Crippen molar-refractivity contribution in [3.63, 3.8) is 0 Å². The van der Waals surface area contributed by atoms with E-state index >= 15 is 0 Å². The molecular weight excluding hydrogens is 581 g/mol. The number of aliphatic imine (C=N–C) groups is 1. The third-order valence-electron chi connectivity index (χ3n) is 9.71. The second-order valence-electron chi connectivity index (χ2n) is 12.7. The first-order valence-electron chi connectivity index (χ1n) is 16.6. The first-order chi connectivity index (χ1) is 23.4. The Kier molecular flexibility index (Phi) is 8.25. The predicted octanol–water partition coefficient (Wildman–Crippen LogP) is 11.1. The molecule has 0 fully saturated rings. The van der Waals surface area contributed by atoms with Crippen LogP contribution in [0.5, 0.6) is 0 Å². The standard InChI is InChI=1S/C46H40N2/c1-6-35-19-11-14-25-42(35)46(41-24-13-10-18-32(41)3)43-26-15-12-23-39(43)40-28-27-37(30-44(40)46)34(5)48-45(38-22-16-17-31(2)29-38)47-33(4)36-20-8-7-9-21-36/h6-30,45,47H,1,4H2,2-3,5H3/b48-34+. The number of benzene rings is 6. The van der Waals surface area contributed by atoms with Crippen LogP contribution in [0.1, 0.15) is 68.7 Å². The zero-order valence-corrected chi connectivity index (χ0v) is 27.9. The molecule has 0 heterocycles. The molecular formula is C46H40N2. The maximum atomic E-state index is 5.37. The summed E-state index contributed by atoms with van der Waals surface area (Å²) in [6.07, 6.45) is 1.68. The number of hydrogen-bond acceptors (Lipinski definition) is 2. The molecule has 0 bridgehead atoms. The first-order valence-corrected chi connectivity index (χ1v) is 16.6. The molecule has 2 unspecified atom stereocenters. The van der Waals surface area contributed by atoms with Crippen LogP contribution >= 0.6 is 0 Å². The number of rotatable bonds is 9. The fraction of sp³-hybridized carbons (Fsp3) is 0.109. The average Bonchev–Trinajstić information content (AvgIpc) is 3.42. The Labute approximate surface area is 284 Å². The molecule has 0 aromatic heterocycles. The van der Waals surface area contributed by atoms with Crippen molar-refractivity contribution in [2.45, 2.75) is 32.4 Å². The van der Waals surface area contributed by atoms with Crippen LogP contribution in [0.15, 0.2) is 164 Å². The Hall–Kier alpha value is -5.73. The van der Waals surface area contributed by atoms with E-state index in [-0.39, 0.29) is 6.17 Å². The topological polar surface area (TPSA) is 24.4 Å². The van der Waals surface area contributed by atoms with Crippen molar-refractivity contribution < 1.29 is 0 Å². The highest BCUT2D eigenvalue weighted by Crippen LogP contribution is 2.57. The quantitative estimate of drug-likeness (QED) is 0.160. The first kappa shape index (κ1) is 30.9. The summed E-state index contributed by atoms with van der Waals surface area (Å²) < 4.78 is 0. The van der Waals surface area contributed by atoms with Crippen LogP contribution in [-0.2, 0) is 5.41 Å². The third-order valence-corrected chi connectivity index (χ3v) is 9.71. The monoisotopic (exact) mass is 620 g/mol. The van der Waals surface area contributed by atoms with Gasteiger partial charge in [0.25, 0.3) is 0 Å². The molecule has 7 rings (SSSR count). The zero-order valence-electron chi connectivity index (χ0n) is 27.9. The molecule has 0 saturated carbocycles. The summed E-state index contributed by atoms with van der Waals surface area (Å²) in [7, 11) is 0. The van der Waals surface area contributed by atoms with E-state index < -0.39 is 5.41 Å². The molecule has 234 valence electrons. The van der Waals surface area contributed by atoms with E-state index in [1.165, 1.54) is 44.5 Å². The van der Waals surface area contributed by atoms with Crippen LogP contribution in [0.3, 0.4) is 0 Å². The van der Waals surface area contributed by atoms with Crippen LogP contribution in [0.25, 0.3) is 22.9 Å². The van der Waals surface area contributed by atoms with Gasteiger partial charge in [0, 0.05) is 11.4 Å². The average molecular weight is 621 g/mol. The molecule has 48 heavy (non-hydrogen) atoms. The van der Waals surface area contributed by atoms with Gasteiger partial charge in [-0.3, -0.25) is 4.99 Å². The Morgan fingerprint density at radius 3 is 2.06 bits per heavy atom. The van der Waals surface area contributed by atoms with Crippen LogP contribution in [0.4, 0.5) is 0 Å². The fourth-order valence-corrected chi connectivity index (χ4v) is 7.43. The highest BCUT2D eigenvalue weighted by Gasteiger charge is 2.47. The van der Waals surface area contributed by atoms with Gasteiger partial charge in [-0.2, -0.15) is 0 Å². The van der Waals surface area contributed by atoms with E-state index in [2.05, 4.69) is 167 Å². The Bertz CT molecular complexity index is 2190. The smallest absolute Gasteiger partial charge is 0.145 e. The lowest BCUT2D eigenvalue weighted by Crippen LogP contribution is -2.30. The van der Waals surface area contributed by atoms with Gasteiger partial charge in [-0.25, -0.2) is 0 Å². The highest BCUT2D eigenvalue weighted by molar-refractivity contribution is 6.01. The summed E-state index contributed by atoms with van der Waals surface area (Å²) in [6, 6.07) is 52.0. The van der Waals surface area contributed by atoms with Gasteiger partial charge in [0.15, 0.2) is 0 Å². The normalized spacial score (nSPS) is 15.7. The maximum absolute atomic E-state index is 5.37. The Balaban J connectivity index is 1.43. The minimum Gasteiger partial charge on any atom is -0.360 e. The molecule has 1 N–H and O–H groups in total. The summed E-state index contributed by atoms with van der Waals surface area (Å²) in [5, 5.41) is 3.64. The predicted molar refractivity (Wildman–Crippen MR) is 203 cm³/mol. The van der Waals surface area contributed by atoms with Gasteiger partial charge in [0.05, 0.1) is 5.41 Å². The van der Waals surface area contributed by atoms with Crippen molar-refractivity contribution in [1.29, 1.82) is 0 Å². The molecule has 0 radical (unpaired) electrons. The minimum atomic E-state index is -0.534. The number of nitrogens with one attached hydrogen (secondary N) is 1. The van der Waals surface area contributed by atoms with E-state index in [1.807, 2.05) is 24.3 Å². The summed E-state index contributed by atoms with van der Waals surface area (Å²) in [5.74, 6) is 0. The molecule has 1 aliphatic carbocycles. The van der Waals surface area contributed by atoms with Crippen LogP contribution in [-0.4, -0.2) is 5.71 Å². The maximum Gasteiger partial charge on any atom is 0.145 e. The van der Waals surface area contributed by atoms with E-state index in [4.69, 9.17) is 4.99 Å². The Morgan fingerprint density at radius 2 is 1.31 bits per heavy atom. The molecule has 0 spiro atoms. The summed E-state index contributed by atoms with van der Waals surface area (Å²) in [4.78, 5) is 5.37. The molecule has 0 amide bonds. The van der Waals surface area contributed by atoms with Gasteiger partial charge in [0.2, 0.25) is 0 Å². The lowest BCUT2D eigenvalue weighted by Gasteiger charge is -2.36. The van der Waals surface area contributed by atoms with Crippen molar-refractivity contribution in [3.05, 3.63) is 214 Å². The van der Waals surface area contributed by atoms with Crippen molar-refractivity contribution in [3.8, 4) is 11.1 Å². The van der Waals surface area contributed by atoms with Crippen LogP contribution < -0.4 is 5.32 Å². The zero-order chi connectivity index (χ0) is 33.3. The molecule has 0 aliphatic heterocycles. The lowest BCUT2D eigenvalue weighted by atomic mass is 9.65. The lowest BCUT2D eigenvalue weighted by molar-refractivity contribution is 0.670. The van der Waals surface area contributed by atoms with Gasteiger partial charge in [-0.05, 0) is 88.0 Å². The largest absolute Gasteiger partial charge is 0.360 e. The van der Waals surface area contributed by atoms with Gasteiger partial charge >= 0.3 is 0 Å². The van der Waals surface area contributed by atoms with E-state index in [0.717, 1.165) is 33.7 Å². The fourth-order valence-electron chi connectivity index (χ4n) is 7.43. The number of hydrogen-bond donors (Lipinski definition) is 1. The second kappa shape index (κ2) is 12.8. The van der Waals surface area contributed by atoms with Gasteiger partial charge in [0.1, 0.15) is 6.17 Å². The van der Waals surface area contributed by atoms with Crippen molar-refractivity contribution >= 4 is 17.5 Å². The summed E-state index contributed by atoms with van der Waals surface area (Å²) in [6.45, 7) is 15.1. The molecule has 6 aromatic rings. The number of aryl methyl sites for hydroxylation is 2. The van der Waals surface area contributed by atoms with Gasteiger partial charge < -0.3 is 5.32 Å². The molecule has 2 atom stereocenters. The number of fused-ring (bicyclic) bond motifs is 3. The second-order valence-corrected chi connectivity index (χ2v) is 12.7.